The minimum Gasteiger partial charge on any atom is -0.493 e. The van der Waals surface area contributed by atoms with Crippen molar-refractivity contribution >= 4 is 17.5 Å². The van der Waals surface area contributed by atoms with Crippen LogP contribution in [-0.2, 0) is 9.59 Å². The molecule has 0 aromatic heterocycles. The predicted octanol–water partition coefficient (Wildman–Crippen LogP) is 1.94. The van der Waals surface area contributed by atoms with Crippen molar-refractivity contribution in [3.05, 3.63) is 18.2 Å². The molecule has 1 aliphatic carbocycles. The highest BCUT2D eigenvalue weighted by Gasteiger charge is 2.32. The van der Waals surface area contributed by atoms with Crippen molar-refractivity contribution in [2.45, 2.75) is 50.7 Å². The molecular weight excluding hydrogens is 358 g/mol. The van der Waals surface area contributed by atoms with Gasteiger partial charge in [0.05, 0.1) is 13.2 Å². The molecule has 1 N–H and O–H groups in total. The number of nitrogens with one attached hydrogen (secondary N) is 1. The first-order valence-corrected chi connectivity index (χ1v) is 10.3. The molecule has 1 atom stereocenters. The van der Waals surface area contributed by atoms with E-state index in [9.17, 15) is 9.59 Å². The van der Waals surface area contributed by atoms with E-state index in [1.165, 1.54) is 12.8 Å². The molecule has 1 saturated carbocycles. The van der Waals surface area contributed by atoms with Crippen LogP contribution in [0.4, 0.5) is 5.69 Å². The van der Waals surface area contributed by atoms with E-state index in [1.807, 2.05) is 11.0 Å². The van der Waals surface area contributed by atoms with Crippen LogP contribution in [0.15, 0.2) is 18.2 Å². The monoisotopic (exact) mass is 387 g/mol. The maximum absolute atomic E-state index is 12.6. The van der Waals surface area contributed by atoms with Crippen molar-refractivity contribution < 1.29 is 19.1 Å². The second-order valence-electron chi connectivity index (χ2n) is 7.83. The number of ether oxygens (including phenoxy) is 2. The topological polar surface area (TPSA) is 71.1 Å². The van der Waals surface area contributed by atoms with E-state index in [0.717, 1.165) is 43.1 Å². The van der Waals surface area contributed by atoms with Gasteiger partial charge in [-0.25, -0.2) is 0 Å². The van der Waals surface area contributed by atoms with Crippen molar-refractivity contribution in [1.82, 2.24) is 10.2 Å². The standard InChI is InChI=1S/C21H29N3O4/c1-27-18-8-6-15(14-19(18)28-16-4-2-3-5-16)23-10-12-24(13-11-23)21(26)17-7-9-20(25)22-17/h6,8,14,16-17H,2-5,7,9-13H2,1H3,(H,22,25). The molecule has 152 valence electrons. The van der Waals surface area contributed by atoms with Crippen LogP contribution in [-0.4, -0.2) is 62.1 Å². The molecule has 7 nitrogen and oxygen atoms in total. The fourth-order valence-corrected chi connectivity index (χ4v) is 4.34. The quantitative estimate of drug-likeness (QED) is 0.836. The van der Waals surface area contributed by atoms with Crippen molar-refractivity contribution in [3.8, 4) is 11.5 Å². The van der Waals surface area contributed by atoms with Crippen molar-refractivity contribution in [1.29, 1.82) is 0 Å². The number of methoxy groups -OCH3 is 1. The summed E-state index contributed by atoms with van der Waals surface area (Å²) in [6.45, 7) is 2.86. The lowest BCUT2D eigenvalue weighted by Crippen LogP contribution is -2.53. The SMILES string of the molecule is COc1ccc(N2CCN(C(=O)C3CCC(=O)N3)CC2)cc1OC1CCCC1. The predicted molar refractivity (Wildman–Crippen MR) is 106 cm³/mol. The molecule has 2 amide bonds. The summed E-state index contributed by atoms with van der Waals surface area (Å²) in [5.74, 6) is 1.59. The summed E-state index contributed by atoms with van der Waals surface area (Å²) in [7, 11) is 1.67. The molecule has 4 rings (SSSR count). The Morgan fingerprint density at radius 3 is 2.46 bits per heavy atom. The summed E-state index contributed by atoms with van der Waals surface area (Å²) in [6.07, 6.45) is 6.00. The number of benzene rings is 1. The molecule has 2 aliphatic heterocycles. The summed E-state index contributed by atoms with van der Waals surface area (Å²) in [5.41, 5.74) is 1.09. The molecule has 1 aromatic carbocycles. The molecule has 1 unspecified atom stereocenters. The van der Waals surface area contributed by atoms with E-state index >= 15 is 0 Å². The van der Waals surface area contributed by atoms with Crippen molar-refractivity contribution in [3.63, 3.8) is 0 Å². The van der Waals surface area contributed by atoms with Crippen molar-refractivity contribution in [2.75, 3.05) is 38.2 Å². The zero-order valence-electron chi connectivity index (χ0n) is 16.5. The number of carbonyl (C=O) groups is 2. The number of nitrogens with zero attached hydrogens (tertiary/aromatic N) is 2. The summed E-state index contributed by atoms with van der Waals surface area (Å²) >= 11 is 0. The number of carbonyl (C=O) groups excluding carboxylic acids is 2. The third-order valence-corrected chi connectivity index (χ3v) is 5.99. The average molecular weight is 387 g/mol. The molecule has 28 heavy (non-hydrogen) atoms. The van der Waals surface area contributed by atoms with Gasteiger partial charge in [0.2, 0.25) is 11.8 Å². The number of piperazine rings is 1. The molecular formula is C21H29N3O4. The Kier molecular flexibility index (Phi) is 5.59. The van der Waals surface area contributed by atoms with Crippen LogP contribution in [0.5, 0.6) is 11.5 Å². The Bertz CT molecular complexity index is 724. The first kappa shape index (κ1) is 18.9. The van der Waals surface area contributed by atoms with E-state index < -0.39 is 0 Å². The summed E-state index contributed by atoms with van der Waals surface area (Å²) in [4.78, 5) is 28.1. The Labute approximate surface area is 166 Å². The summed E-state index contributed by atoms with van der Waals surface area (Å²) in [6, 6.07) is 5.73. The van der Waals surface area contributed by atoms with Gasteiger partial charge in [-0.15, -0.1) is 0 Å². The summed E-state index contributed by atoms with van der Waals surface area (Å²) in [5, 5.41) is 2.77. The van der Waals surface area contributed by atoms with Gasteiger partial charge in [-0.05, 0) is 44.2 Å². The zero-order chi connectivity index (χ0) is 19.5. The zero-order valence-corrected chi connectivity index (χ0v) is 16.5. The highest BCUT2D eigenvalue weighted by atomic mass is 16.5. The third kappa shape index (κ3) is 4.03. The Morgan fingerprint density at radius 1 is 1.07 bits per heavy atom. The lowest BCUT2D eigenvalue weighted by atomic mass is 10.1. The second kappa shape index (κ2) is 8.29. The number of anilines is 1. The fourth-order valence-electron chi connectivity index (χ4n) is 4.34. The van der Waals surface area contributed by atoms with E-state index in [-0.39, 0.29) is 24.0 Å². The number of hydrogen-bond acceptors (Lipinski definition) is 5. The minimum atomic E-state index is -0.341. The van der Waals surface area contributed by atoms with Gasteiger partial charge >= 0.3 is 0 Å². The Morgan fingerprint density at radius 2 is 1.82 bits per heavy atom. The molecule has 0 spiro atoms. The maximum Gasteiger partial charge on any atom is 0.245 e. The fraction of sp³-hybridized carbons (Fsp3) is 0.619. The van der Waals surface area contributed by atoms with Gasteiger partial charge in [-0.2, -0.15) is 0 Å². The van der Waals surface area contributed by atoms with Gasteiger partial charge < -0.3 is 24.6 Å². The number of amides is 2. The van der Waals surface area contributed by atoms with E-state index in [0.29, 0.717) is 25.9 Å². The highest BCUT2D eigenvalue weighted by Crippen LogP contribution is 2.35. The van der Waals surface area contributed by atoms with Crippen LogP contribution >= 0.6 is 0 Å². The van der Waals surface area contributed by atoms with Crippen LogP contribution in [0.1, 0.15) is 38.5 Å². The van der Waals surface area contributed by atoms with Crippen LogP contribution in [0.2, 0.25) is 0 Å². The Hall–Kier alpha value is -2.44. The van der Waals surface area contributed by atoms with Crippen LogP contribution < -0.4 is 19.7 Å². The van der Waals surface area contributed by atoms with Gasteiger partial charge in [0.25, 0.3) is 0 Å². The largest absolute Gasteiger partial charge is 0.493 e. The summed E-state index contributed by atoms with van der Waals surface area (Å²) < 4.78 is 11.7. The molecule has 1 aromatic rings. The van der Waals surface area contributed by atoms with Gasteiger partial charge in [0.1, 0.15) is 6.04 Å². The normalized spacial score (nSPS) is 23.0. The first-order chi connectivity index (χ1) is 13.6. The maximum atomic E-state index is 12.6. The Balaban J connectivity index is 1.38. The number of rotatable bonds is 5. The van der Waals surface area contributed by atoms with Crippen LogP contribution in [0, 0.1) is 0 Å². The lowest BCUT2D eigenvalue weighted by Gasteiger charge is -2.37. The molecule has 2 saturated heterocycles. The number of hydrogen-bond donors (Lipinski definition) is 1. The molecule has 0 radical (unpaired) electrons. The van der Waals surface area contributed by atoms with E-state index in [4.69, 9.17) is 9.47 Å². The molecule has 3 aliphatic rings. The third-order valence-electron chi connectivity index (χ3n) is 5.99. The van der Waals surface area contributed by atoms with Crippen LogP contribution in [0.3, 0.4) is 0 Å². The molecule has 3 fully saturated rings. The minimum absolute atomic E-state index is 0.0231. The first-order valence-electron chi connectivity index (χ1n) is 10.3. The van der Waals surface area contributed by atoms with Gasteiger partial charge in [-0.3, -0.25) is 9.59 Å². The van der Waals surface area contributed by atoms with Gasteiger partial charge in [0, 0.05) is 44.4 Å². The van der Waals surface area contributed by atoms with E-state index in [2.05, 4.69) is 22.3 Å². The van der Waals surface area contributed by atoms with Crippen molar-refractivity contribution in [2.24, 2.45) is 0 Å². The lowest BCUT2D eigenvalue weighted by molar-refractivity contribution is -0.134. The molecule has 2 heterocycles. The average Bonchev–Trinajstić information content (AvgIpc) is 3.39. The molecule has 7 heteroatoms. The smallest absolute Gasteiger partial charge is 0.245 e. The van der Waals surface area contributed by atoms with Crippen LogP contribution in [0.25, 0.3) is 0 Å². The van der Waals surface area contributed by atoms with E-state index in [1.54, 1.807) is 7.11 Å². The molecule has 0 bridgehead atoms. The highest BCUT2D eigenvalue weighted by molar-refractivity contribution is 5.91. The van der Waals surface area contributed by atoms with Gasteiger partial charge in [-0.1, -0.05) is 0 Å². The van der Waals surface area contributed by atoms with Gasteiger partial charge in [0.15, 0.2) is 11.5 Å². The second-order valence-corrected chi connectivity index (χ2v) is 7.83.